The SMILES string of the molecule is COc1ccc2c(c1)OC(=COc1ccc(O)cc1)C2=O. The Morgan fingerprint density at radius 2 is 1.81 bits per heavy atom. The first-order valence-electron chi connectivity index (χ1n) is 6.24. The molecule has 1 aliphatic heterocycles. The number of ketones is 1. The van der Waals surface area contributed by atoms with E-state index in [0.717, 1.165) is 0 Å². The zero-order valence-electron chi connectivity index (χ0n) is 11.2. The second-order valence-electron chi connectivity index (χ2n) is 4.39. The molecule has 0 amide bonds. The number of allylic oxidation sites excluding steroid dienone is 1. The van der Waals surface area contributed by atoms with E-state index in [1.165, 1.54) is 18.4 Å². The van der Waals surface area contributed by atoms with Crippen molar-refractivity contribution in [2.45, 2.75) is 0 Å². The number of hydrogen-bond acceptors (Lipinski definition) is 5. The van der Waals surface area contributed by atoms with Gasteiger partial charge in [-0.1, -0.05) is 0 Å². The predicted octanol–water partition coefficient (Wildman–Crippen LogP) is 2.90. The van der Waals surface area contributed by atoms with E-state index in [1.54, 1.807) is 37.4 Å². The van der Waals surface area contributed by atoms with Crippen LogP contribution in [0.2, 0.25) is 0 Å². The maximum Gasteiger partial charge on any atom is 0.235 e. The number of aromatic hydroxyl groups is 1. The summed E-state index contributed by atoms with van der Waals surface area (Å²) in [4.78, 5) is 12.1. The van der Waals surface area contributed by atoms with Crippen molar-refractivity contribution in [2.75, 3.05) is 7.11 Å². The largest absolute Gasteiger partial charge is 0.508 e. The Kier molecular flexibility index (Phi) is 3.23. The molecule has 0 fully saturated rings. The molecule has 0 aliphatic carbocycles. The maximum atomic E-state index is 12.1. The minimum atomic E-state index is -0.244. The monoisotopic (exact) mass is 284 g/mol. The summed E-state index contributed by atoms with van der Waals surface area (Å²) < 4.78 is 15.9. The molecular formula is C16H12O5. The fourth-order valence-electron chi connectivity index (χ4n) is 1.92. The van der Waals surface area contributed by atoms with Gasteiger partial charge in [-0.05, 0) is 36.4 Å². The number of ether oxygens (including phenoxy) is 3. The van der Waals surface area contributed by atoms with Crippen molar-refractivity contribution < 1.29 is 24.1 Å². The van der Waals surface area contributed by atoms with Gasteiger partial charge in [0.15, 0.2) is 0 Å². The summed E-state index contributed by atoms with van der Waals surface area (Å²) in [5.41, 5.74) is 0.469. The molecule has 0 saturated heterocycles. The third-order valence-electron chi connectivity index (χ3n) is 3.02. The number of carbonyl (C=O) groups is 1. The lowest BCUT2D eigenvalue weighted by atomic mass is 10.1. The standard InChI is InChI=1S/C16H12O5/c1-19-12-6-7-13-14(8-12)21-15(16(13)18)9-20-11-4-2-10(17)3-5-11/h2-9,17H,1H3. The molecule has 1 aliphatic rings. The first-order chi connectivity index (χ1) is 10.2. The lowest BCUT2D eigenvalue weighted by molar-refractivity contribution is 0.101. The van der Waals surface area contributed by atoms with Crippen LogP contribution in [0, 0.1) is 0 Å². The van der Waals surface area contributed by atoms with E-state index in [1.807, 2.05) is 0 Å². The van der Waals surface area contributed by atoms with E-state index in [9.17, 15) is 9.90 Å². The summed E-state index contributed by atoms with van der Waals surface area (Å²) in [6, 6.07) is 11.1. The summed E-state index contributed by atoms with van der Waals surface area (Å²) in [5, 5.41) is 9.18. The Morgan fingerprint density at radius 3 is 2.52 bits per heavy atom. The zero-order chi connectivity index (χ0) is 14.8. The lowest BCUT2D eigenvalue weighted by Crippen LogP contribution is -2.00. The molecule has 1 heterocycles. The Hall–Kier alpha value is -2.95. The fourth-order valence-corrected chi connectivity index (χ4v) is 1.92. The van der Waals surface area contributed by atoms with Gasteiger partial charge in [0.05, 0.1) is 12.7 Å². The summed E-state index contributed by atoms with van der Waals surface area (Å²) in [7, 11) is 1.54. The Bertz CT molecular complexity index is 716. The van der Waals surface area contributed by atoms with Gasteiger partial charge in [0, 0.05) is 6.07 Å². The van der Waals surface area contributed by atoms with E-state index in [0.29, 0.717) is 22.8 Å². The summed E-state index contributed by atoms with van der Waals surface area (Å²) in [5.74, 6) is 1.55. The number of carbonyl (C=O) groups excluding carboxylic acids is 1. The van der Waals surface area contributed by atoms with E-state index in [4.69, 9.17) is 14.2 Å². The molecule has 2 aromatic carbocycles. The van der Waals surface area contributed by atoms with Gasteiger partial charge in [-0.3, -0.25) is 4.79 Å². The first kappa shape index (κ1) is 13.1. The summed E-state index contributed by atoms with van der Waals surface area (Å²) in [6.45, 7) is 0. The second-order valence-corrected chi connectivity index (χ2v) is 4.39. The molecule has 0 bridgehead atoms. The highest BCUT2D eigenvalue weighted by Crippen LogP contribution is 2.34. The molecule has 2 aromatic rings. The summed E-state index contributed by atoms with van der Waals surface area (Å²) >= 11 is 0. The molecular weight excluding hydrogens is 272 g/mol. The van der Waals surface area contributed by atoms with Gasteiger partial charge in [-0.2, -0.15) is 0 Å². The molecule has 0 spiro atoms. The van der Waals surface area contributed by atoms with Gasteiger partial charge < -0.3 is 19.3 Å². The molecule has 0 atom stereocenters. The normalized spacial score (nSPS) is 14.7. The molecule has 0 aromatic heterocycles. The molecule has 106 valence electrons. The highest BCUT2D eigenvalue weighted by Gasteiger charge is 2.28. The van der Waals surface area contributed by atoms with Crippen molar-refractivity contribution in [3.63, 3.8) is 0 Å². The van der Waals surface area contributed by atoms with Crippen LogP contribution in [0.1, 0.15) is 10.4 Å². The van der Waals surface area contributed by atoms with Gasteiger partial charge in [0.1, 0.15) is 29.3 Å². The lowest BCUT2D eigenvalue weighted by Gasteiger charge is -2.02. The molecule has 0 saturated carbocycles. The number of benzene rings is 2. The molecule has 0 unspecified atom stereocenters. The first-order valence-corrected chi connectivity index (χ1v) is 6.24. The minimum absolute atomic E-state index is 0.103. The van der Waals surface area contributed by atoms with E-state index >= 15 is 0 Å². The average molecular weight is 284 g/mol. The molecule has 5 heteroatoms. The van der Waals surface area contributed by atoms with Crippen molar-refractivity contribution in [2.24, 2.45) is 0 Å². The van der Waals surface area contributed by atoms with Crippen LogP contribution in [0.15, 0.2) is 54.5 Å². The maximum absolute atomic E-state index is 12.1. The van der Waals surface area contributed by atoms with Crippen molar-refractivity contribution in [3.8, 4) is 23.0 Å². The number of methoxy groups -OCH3 is 1. The van der Waals surface area contributed by atoms with Crippen LogP contribution >= 0.6 is 0 Å². The Morgan fingerprint density at radius 1 is 1.10 bits per heavy atom. The van der Waals surface area contributed by atoms with Crippen molar-refractivity contribution in [1.82, 2.24) is 0 Å². The van der Waals surface area contributed by atoms with Crippen LogP contribution < -0.4 is 14.2 Å². The van der Waals surface area contributed by atoms with Crippen LogP contribution in [0.5, 0.6) is 23.0 Å². The van der Waals surface area contributed by atoms with Crippen LogP contribution in [0.4, 0.5) is 0 Å². The third kappa shape index (κ3) is 2.53. The highest BCUT2D eigenvalue weighted by atomic mass is 16.5. The minimum Gasteiger partial charge on any atom is -0.508 e. The van der Waals surface area contributed by atoms with Crippen LogP contribution in [-0.4, -0.2) is 18.0 Å². The zero-order valence-corrected chi connectivity index (χ0v) is 11.2. The van der Waals surface area contributed by atoms with Crippen LogP contribution in [0.25, 0.3) is 0 Å². The number of hydrogen-bond donors (Lipinski definition) is 1. The van der Waals surface area contributed by atoms with Gasteiger partial charge in [-0.15, -0.1) is 0 Å². The number of Topliss-reactive ketones (excluding diaryl/α,β-unsaturated/α-hetero) is 1. The van der Waals surface area contributed by atoms with Gasteiger partial charge in [0.25, 0.3) is 0 Å². The predicted molar refractivity (Wildman–Crippen MR) is 74.8 cm³/mol. The highest BCUT2D eigenvalue weighted by molar-refractivity contribution is 6.12. The van der Waals surface area contributed by atoms with Gasteiger partial charge >= 0.3 is 0 Å². The van der Waals surface area contributed by atoms with E-state index < -0.39 is 0 Å². The summed E-state index contributed by atoms with van der Waals surface area (Å²) in [6.07, 6.45) is 1.25. The average Bonchev–Trinajstić information content (AvgIpc) is 2.82. The molecule has 3 rings (SSSR count). The molecule has 5 nitrogen and oxygen atoms in total. The van der Waals surface area contributed by atoms with Crippen molar-refractivity contribution in [1.29, 1.82) is 0 Å². The van der Waals surface area contributed by atoms with Crippen LogP contribution in [-0.2, 0) is 0 Å². The molecule has 1 N–H and O–H groups in total. The smallest absolute Gasteiger partial charge is 0.235 e. The number of phenolic OH excluding ortho intramolecular Hbond substituents is 1. The number of fused-ring (bicyclic) bond motifs is 1. The van der Waals surface area contributed by atoms with Gasteiger partial charge in [0.2, 0.25) is 11.5 Å². The molecule has 21 heavy (non-hydrogen) atoms. The van der Waals surface area contributed by atoms with Crippen molar-refractivity contribution in [3.05, 3.63) is 60.0 Å². The Balaban J connectivity index is 1.80. The number of rotatable bonds is 3. The molecule has 0 radical (unpaired) electrons. The van der Waals surface area contributed by atoms with Gasteiger partial charge in [-0.25, -0.2) is 0 Å². The van der Waals surface area contributed by atoms with E-state index in [2.05, 4.69) is 0 Å². The topological polar surface area (TPSA) is 65.0 Å². The third-order valence-corrected chi connectivity index (χ3v) is 3.02. The Labute approximate surface area is 121 Å². The fraction of sp³-hybridized carbons (Fsp3) is 0.0625. The second kappa shape index (κ2) is 5.20. The number of phenols is 1. The van der Waals surface area contributed by atoms with Crippen molar-refractivity contribution >= 4 is 5.78 Å². The van der Waals surface area contributed by atoms with Crippen LogP contribution in [0.3, 0.4) is 0 Å². The van der Waals surface area contributed by atoms with E-state index in [-0.39, 0.29) is 17.3 Å². The quantitative estimate of drug-likeness (QED) is 0.693.